The first-order valence-electron chi connectivity index (χ1n) is 6.45. The minimum absolute atomic E-state index is 0.126. The Morgan fingerprint density at radius 3 is 2.83 bits per heavy atom. The highest BCUT2D eigenvalue weighted by molar-refractivity contribution is 5.82. The second kappa shape index (κ2) is 6.52. The van der Waals surface area contributed by atoms with Gasteiger partial charge >= 0.3 is 0 Å². The molecule has 98 valence electrons. The van der Waals surface area contributed by atoms with Gasteiger partial charge in [0.05, 0.1) is 13.2 Å². The number of likely N-dealkylation sites (N-methyl/N-ethyl adjacent to an activating group) is 1. The molecule has 1 aromatic carbocycles. The van der Waals surface area contributed by atoms with E-state index in [4.69, 9.17) is 4.74 Å². The number of hydrogen-bond donors (Lipinski definition) is 1. The number of benzene rings is 1. The zero-order valence-corrected chi connectivity index (χ0v) is 10.8. The van der Waals surface area contributed by atoms with E-state index in [1.807, 2.05) is 42.2 Å². The van der Waals surface area contributed by atoms with Crippen LogP contribution in [0.2, 0.25) is 0 Å². The first-order chi connectivity index (χ1) is 8.81. The number of carbonyl (C=O) groups is 1. The molecule has 1 unspecified atom stereocenters. The fourth-order valence-electron chi connectivity index (χ4n) is 2.09. The van der Waals surface area contributed by atoms with Crippen LogP contribution in [0.1, 0.15) is 12.5 Å². The minimum Gasteiger partial charge on any atom is -0.378 e. The Labute approximate surface area is 108 Å². The van der Waals surface area contributed by atoms with Crippen molar-refractivity contribution in [3.05, 3.63) is 35.9 Å². The summed E-state index contributed by atoms with van der Waals surface area (Å²) in [6.07, 6.45) is 0. The van der Waals surface area contributed by atoms with Gasteiger partial charge in [0.2, 0.25) is 5.91 Å². The fourth-order valence-corrected chi connectivity index (χ4v) is 2.09. The Bertz CT molecular complexity index is 375. The minimum atomic E-state index is -0.192. The number of nitrogens with zero attached hydrogens (tertiary/aromatic N) is 1. The monoisotopic (exact) mass is 248 g/mol. The Morgan fingerprint density at radius 2 is 2.22 bits per heavy atom. The maximum Gasteiger partial charge on any atom is 0.242 e. The first-order valence-corrected chi connectivity index (χ1v) is 6.45. The van der Waals surface area contributed by atoms with Gasteiger partial charge in [0.25, 0.3) is 0 Å². The molecule has 1 aliphatic rings. The van der Waals surface area contributed by atoms with E-state index in [0.29, 0.717) is 26.3 Å². The van der Waals surface area contributed by atoms with E-state index < -0.39 is 0 Å². The second-order valence-corrected chi connectivity index (χ2v) is 4.42. The van der Waals surface area contributed by atoms with E-state index in [-0.39, 0.29) is 11.9 Å². The van der Waals surface area contributed by atoms with Gasteiger partial charge in [-0.15, -0.1) is 0 Å². The molecule has 1 fully saturated rings. The van der Waals surface area contributed by atoms with Crippen LogP contribution in [0, 0.1) is 0 Å². The lowest BCUT2D eigenvalue weighted by molar-refractivity contribution is -0.136. The summed E-state index contributed by atoms with van der Waals surface area (Å²) < 4.78 is 5.34. The lowest BCUT2D eigenvalue weighted by Gasteiger charge is -2.29. The van der Waals surface area contributed by atoms with E-state index in [1.54, 1.807) is 0 Å². The largest absolute Gasteiger partial charge is 0.378 e. The van der Waals surface area contributed by atoms with E-state index >= 15 is 0 Å². The third kappa shape index (κ3) is 3.31. The van der Waals surface area contributed by atoms with Crippen molar-refractivity contribution in [2.45, 2.75) is 19.5 Å². The number of carbonyl (C=O) groups excluding carboxylic acids is 1. The SMILES string of the molecule is CCN(Cc1ccccc1)C(=O)C1COCCN1. The summed E-state index contributed by atoms with van der Waals surface area (Å²) in [6.45, 7) is 5.29. The summed E-state index contributed by atoms with van der Waals surface area (Å²) in [6, 6.07) is 9.87. The van der Waals surface area contributed by atoms with Gasteiger partial charge in [-0.25, -0.2) is 0 Å². The van der Waals surface area contributed by atoms with Crippen LogP contribution in [0.25, 0.3) is 0 Å². The molecule has 1 atom stereocenters. The Balaban J connectivity index is 1.97. The number of amides is 1. The molecular weight excluding hydrogens is 228 g/mol. The Hall–Kier alpha value is -1.39. The third-order valence-electron chi connectivity index (χ3n) is 3.13. The Morgan fingerprint density at radius 1 is 1.44 bits per heavy atom. The number of hydrogen-bond acceptors (Lipinski definition) is 3. The van der Waals surface area contributed by atoms with Crippen LogP contribution >= 0.6 is 0 Å². The molecule has 1 aliphatic heterocycles. The maximum absolute atomic E-state index is 12.3. The highest BCUT2D eigenvalue weighted by atomic mass is 16.5. The normalized spacial score (nSPS) is 19.5. The zero-order chi connectivity index (χ0) is 12.8. The molecule has 0 bridgehead atoms. The molecule has 18 heavy (non-hydrogen) atoms. The average molecular weight is 248 g/mol. The van der Waals surface area contributed by atoms with Gasteiger partial charge in [-0.2, -0.15) is 0 Å². The number of rotatable bonds is 4. The van der Waals surface area contributed by atoms with Crippen LogP contribution < -0.4 is 5.32 Å². The molecule has 1 N–H and O–H groups in total. The molecule has 0 radical (unpaired) electrons. The smallest absolute Gasteiger partial charge is 0.242 e. The van der Waals surface area contributed by atoms with Crippen molar-refractivity contribution in [3.63, 3.8) is 0 Å². The quantitative estimate of drug-likeness (QED) is 0.865. The topological polar surface area (TPSA) is 41.6 Å². The lowest BCUT2D eigenvalue weighted by Crippen LogP contribution is -2.52. The summed E-state index contributed by atoms with van der Waals surface area (Å²) in [4.78, 5) is 14.2. The molecule has 1 heterocycles. The molecule has 0 aliphatic carbocycles. The average Bonchev–Trinajstić information content (AvgIpc) is 2.46. The molecule has 0 spiro atoms. The second-order valence-electron chi connectivity index (χ2n) is 4.42. The molecular formula is C14H20N2O2. The van der Waals surface area contributed by atoms with Crippen LogP contribution in [0.3, 0.4) is 0 Å². The van der Waals surface area contributed by atoms with E-state index in [1.165, 1.54) is 0 Å². The highest BCUT2D eigenvalue weighted by Crippen LogP contribution is 2.07. The van der Waals surface area contributed by atoms with Gasteiger partial charge < -0.3 is 15.0 Å². The summed E-state index contributed by atoms with van der Waals surface area (Å²) >= 11 is 0. The molecule has 4 heteroatoms. The van der Waals surface area contributed by atoms with Gasteiger partial charge in [0, 0.05) is 19.6 Å². The number of morpholine rings is 1. The number of nitrogens with one attached hydrogen (secondary N) is 1. The van der Waals surface area contributed by atoms with Crippen molar-refractivity contribution < 1.29 is 9.53 Å². The predicted molar refractivity (Wildman–Crippen MR) is 70.1 cm³/mol. The highest BCUT2D eigenvalue weighted by Gasteiger charge is 2.25. The van der Waals surface area contributed by atoms with Crippen LogP contribution in [0.15, 0.2) is 30.3 Å². The molecule has 0 aromatic heterocycles. The predicted octanol–water partition coefficient (Wildman–Crippen LogP) is 1.02. The van der Waals surface area contributed by atoms with Crippen LogP contribution in [0.5, 0.6) is 0 Å². The molecule has 4 nitrogen and oxygen atoms in total. The Kier molecular flexibility index (Phi) is 4.73. The van der Waals surface area contributed by atoms with Crippen molar-refractivity contribution >= 4 is 5.91 Å². The van der Waals surface area contributed by atoms with Gasteiger partial charge in [-0.1, -0.05) is 30.3 Å². The van der Waals surface area contributed by atoms with Crippen LogP contribution in [0.4, 0.5) is 0 Å². The van der Waals surface area contributed by atoms with Gasteiger partial charge in [0.15, 0.2) is 0 Å². The van der Waals surface area contributed by atoms with Crippen molar-refractivity contribution in [1.82, 2.24) is 10.2 Å². The van der Waals surface area contributed by atoms with Gasteiger partial charge in [0.1, 0.15) is 6.04 Å². The van der Waals surface area contributed by atoms with Crippen LogP contribution in [-0.2, 0) is 16.1 Å². The third-order valence-corrected chi connectivity index (χ3v) is 3.13. The van der Waals surface area contributed by atoms with E-state index in [2.05, 4.69) is 5.32 Å². The molecule has 1 saturated heterocycles. The lowest BCUT2D eigenvalue weighted by atomic mass is 10.2. The van der Waals surface area contributed by atoms with Crippen molar-refractivity contribution in [2.75, 3.05) is 26.3 Å². The molecule has 1 aromatic rings. The summed E-state index contributed by atoms with van der Waals surface area (Å²) in [5.41, 5.74) is 1.16. The summed E-state index contributed by atoms with van der Waals surface area (Å²) in [5, 5.41) is 3.20. The van der Waals surface area contributed by atoms with Crippen LogP contribution in [-0.4, -0.2) is 43.2 Å². The van der Waals surface area contributed by atoms with Crippen molar-refractivity contribution in [3.8, 4) is 0 Å². The zero-order valence-electron chi connectivity index (χ0n) is 10.8. The van der Waals surface area contributed by atoms with Gasteiger partial charge in [-0.3, -0.25) is 4.79 Å². The number of ether oxygens (including phenoxy) is 1. The molecule has 1 amide bonds. The maximum atomic E-state index is 12.3. The fraction of sp³-hybridized carbons (Fsp3) is 0.500. The molecule has 2 rings (SSSR count). The summed E-state index contributed by atoms with van der Waals surface area (Å²) in [5.74, 6) is 0.126. The van der Waals surface area contributed by atoms with E-state index in [0.717, 1.165) is 12.1 Å². The standard InChI is InChI=1S/C14H20N2O2/c1-2-16(10-12-6-4-3-5-7-12)14(17)13-11-18-9-8-15-13/h3-7,13,15H,2,8-11H2,1H3. The molecule has 0 saturated carbocycles. The summed E-state index contributed by atoms with van der Waals surface area (Å²) in [7, 11) is 0. The van der Waals surface area contributed by atoms with Crippen molar-refractivity contribution in [2.24, 2.45) is 0 Å². The van der Waals surface area contributed by atoms with Crippen molar-refractivity contribution in [1.29, 1.82) is 0 Å². The van der Waals surface area contributed by atoms with E-state index in [9.17, 15) is 4.79 Å². The first kappa shape index (κ1) is 13.1. The van der Waals surface area contributed by atoms with Gasteiger partial charge in [-0.05, 0) is 12.5 Å².